The normalized spacial score (nSPS) is 10.9. The van der Waals surface area contributed by atoms with Gasteiger partial charge in [-0.1, -0.05) is 6.92 Å². The third-order valence-electron chi connectivity index (χ3n) is 2.07. The molecule has 0 aliphatic rings. The van der Waals surface area contributed by atoms with Crippen LogP contribution in [-0.2, 0) is 11.2 Å². The molecule has 0 fully saturated rings. The van der Waals surface area contributed by atoms with Crippen molar-refractivity contribution in [2.24, 2.45) is 0 Å². The van der Waals surface area contributed by atoms with Gasteiger partial charge in [-0.25, -0.2) is 0 Å². The molecule has 0 radical (unpaired) electrons. The molecule has 0 saturated carbocycles. The average Bonchev–Trinajstić information content (AvgIpc) is 2.52. The summed E-state index contributed by atoms with van der Waals surface area (Å²) in [5, 5.41) is 3.23. The van der Waals surface area contributed by atoms with Crippen LogP contribution in [-0.4, -0.2) is 26.3 Å². The second-order valence-electron chi connectivity index (χ2n) is 3.39. The Bertz CT molecular complexity index is 269. The molecule has 0 spiro atoms. The van der Waals surface area contributed by atoms with Crippen LogP contribution in [0.3, 0.4) is 0 Å². The van der Waals surface area contributed by atoms with Gasteiger partial charge in [0.25, 0.3) is 0 Å². The standard InChI is InChI=1S/C11H18BrNOS/c1-3-13-5-7-14-6-4-10-8-9(2)11(12)15-10/h8,13H,3-7H2,1-2H3. The van der Waals surface area contributed by atoms with Crippen molar-refractivity contribution in [3.8, 4) is 0 Å². The highest BCUT2D eigenvalue weighted by Gasteiger charge is 2.02. The van der Waals surface area contributed by atoms with Gasteiger partial charge in [0.05, 0.1) is 17.0 Å². The van der Waals surface area contributed by atoms with Crippen LogP contribution in [0.25, 0.3) is 0 Å². The van der Waals surface area contributed by atoms with Gasteiger partial charge >= 0.3 is 0 Å². The third kappa shape index (κ3) is 5.11. The number of halogens is 1. The molecule has 15 heavy (non-hydrogen) atoms. The van der Waals surface area contributed by atoms with Gasteiger partial charge in [0.15, 0.2) is 0 Å². The maximum absolute atomic E-state index is 5.52. The minimum absolute atomic E-state index is 0.805. The Morgan fingerprint density at radius 1 is 1.47 bits per heavy atom. The lowest BCUT2D eigenvalue weighted by Crippen LogP contribution is -2.19. The number of aryl methyl sites for hydroxylation is 1. The zero-order chi connectivity index (χ0) is 11.1. The predicted molar refractivity (Wildman–Crippen MR) is 69.8 cm³/mol. The first-order valence-corrected chi connectivity index (χ1v) is 6.88. The van der Waals surface area contributed by atoms with Gasteiger partial charge in [0.1, 0.15) is 0 Å². The van der Waals surface area contributed by atoms with Crippen LogP contribution in [0.5, 0.6) is 0 Å². The number of nitrogens with one attached hydrogen (secondary N) is 1. The molecule has 1 rings (SSSR count). The highest BCUT2D eigenvalue weighted by atomic mass is 79.9. The van der Waals surface area contributed by atoms with Crippen molar-refractivity contribution < 1.29 is 4.74 Å². The summed E-state index contributed by atoms with van der Waals surface area (Å²) in [6.45, 7) is 7.81. The number of rotatable bonds is 7. The minimum atomic E-state index is 0.805. The second kappa shape index (κ2) is 7.39. The fourth-order valence-corrected chi connectivity index (χ4v) is 2.85. The fraction of sp³-hybridized carbons (Fsp3) is 0.636. The molecular formula is C11H18BrNOS. The van der Waals surface area contributed by atoms with E-state index in [-0.39, 0.29) is 0 Å². The van der Waals surface area contributed by atoms with Gasteiger partial charge < -0.3 is 10.1 Å². The summed E-state index contributed by atoms with van der Waals surface area (Å²) in [6, 6.07) is 2.22. The largest absolute Gasteiger partial charge is 0.380 e. The van der Waals surface area contributed by atoms with E-state index >= 15 is 0 Å². The minimum Gasteiger partial charge on any atom is -0.380 e. The summed E-state index contributed by atoms with van der Waals surface area (Å²) in [6.07, 6.45) is 1.02. The summed E-state index contributed by atoms with van der Waals surface area (Å²) in [7, 11) is 0. The molecule has 0 atom stereocenters. The van der Waals surface area contributed by atoms with E-state index in [0.717, 1.165) is 32.7 Å². The molecule has 86 valence electrons. The van der Waals surface area contributed by atoms with Gasteiger partial charge in [0.2, 0.25) is 0 Å². The molecule has 0 bridgehead atoms. The molecule has 0 unspecified atom stereocenters. The Balaban J connectivity index is 2.10. The van der Waals surface area contributed by atoms with E-state index in [4.69, 9.17) is 4.74 Å². The molecule has 1 N–H and O–H groups in total. The molecule has 0 saturated heterocycles. The summed E-state index contributed by atoms with van der Waals surface area (Å²) in [5.74, 6) is 0. The lowest BCUT2D eigenvalue weighted by atomic mass is 10.3. The summed E-state index contributed by atoms with van der Waals surface area (Å²) >= 11 is 5.33. The monoisotopic (exact) mass is 291 g/mol. The SMILES string of the molecule is CCNCCOCCc1cc(C)c(Br)s1. The molecule has 1 aromatic heterocycles. The van der Waals surface area contributed by atoms with Crippen LogP contribution in [0.4, 0.5) is 0 Å². The van der Waals surface area contributed by atoms with Crippen molar-refractivity contribution in [1.29, 1.82) is 0 Å². The smallest absolute Gasteiger partial charge is 0.0730 e. The van der Waals surface area contributed by atoms with E-state index in [1.54, 1.807) is 11.3 Å². The lowest BCUT2D eigenvalue weighted by molar-refractivity contribution is 0.140. The van der Waals surface area contributed by atoms with Crippen LogP contribution in [0.1, 0.15) is 17.4 Å². The van der Waals surface area contributed by atoms with E-state index in [9.17, 15) is 0 Å². The first-order chi connectivity index (χ1) is 7.24. The molecule has 0 aliphatic carbocycles. The molecule has 4 heteroatoms. The number of hydrogen-bond acceptors (Lipinski definition) is 3. The number of likely N-dealkylation sites (N-methyl/N-ethyl adjacent to an activating group) is 1. The van der Waals surface area contributed by atoms with E-state index < -0.39 is 0 Å². The molecule has 0 amide bonds. The maximum atomic E-state index is 5.52. The Hall–Kier alpha value is 0.1000. The van der Waals surface area contributed by atoms with Gasteiger partial charge in [-0.05, 0) is 41.0 Å². The number of ether oxygens (including phenoxy) is 1. The Morgan fingerprint density at radius 2 is 2.27 bits per heavy atom. The molecule has 0 aromatic carbocycles. The van der Waals surface area contributed by atoms with Crippen LogP contribution >= 0.6 is 27.3 Å². The Labute approximate surface area is 104 Å². The van der Waals surface area contributed by atoms with Crippen molar-refractivity contribution in [2.75, 3.05) is 26.3 Å². The first kappa shape index (κ1) is 13.2. The van der Waals surface area contributed by atoms with Crippen molar-refractivity contribution in [2.45, 2.75) is 20.3 Å². The topological polar surface area (TPSA) is 21.3 Å². The molecule has 0 aliphatic heterocycles. The summed E-state index contributed by atoms with van der Waals surface area (Å²) in [5.41, 5.74) is 1.32. The molecular weight excluding hydrogens is 274 g/mol. The first-order valence-electron chi connectivity index (χ1n) is 5.27. The highest BCUT2D eigenvalue weighted by molar-refractivity contribution is 9.11. The van der Waals surface area contributed by atoms with Gasteiger partial charge in [0, 0.05) is 17.8 Å². The van der Waals surface area contributed by atoms with E-state index in [1.807, 2.05) is 0 Å². The van der Waals surface area contributed by atoms with E-state index in [2.05, 4.69) is 41.2 Å². The van der Waals surface area contributed by atoms with Crippen molar-refractivity contribution >= 4 is 27.3 Å². The zero-order valence-corrected chi connectivity index (χ0v) is 11.7. The quantitative estimate of drug-likeness (QED) is 0.780. The Kier molecular flexibility index (Phi) is 6.48. The number of thiophene rings is 1. The van der Waals surface area contributed by atoms with Crippen LogP contribution in [0, 0.1) is 6.92 Å². The van der Waals surface area contributed by atoms with E-state index in [1.165, 1.54) is 14.2 Å². The number of hydrogen-bond donors (Lipinski definition) is 1. The van der Waals surface area contributed by atoms with Gasteiger partial charge in [-0.3, -0.25) is 0 Å². The Morgan fingerprint density at radius 3 is 2.87 bits per heavy atom. The molecule has 1 aromatic rings. The van der Waals surface area contributed by atoms with Crippen molar-refractivity contribution in [3.63, 3.8) is 0 Å². The van der Waals surface area contributed by atoms with Crippen molar-refractivity contribution in [3.05, 3.63) is 20.3 Å². The fourth-order valence-electron chi connectivity index (χ4n) is 1.24. The summed E-state index contributed by atoms with van der Waals surface area (Å²) < 4.78 is 6.76. The van der Waals surface area contributed by atoms with Crippen LogP contribution in [0.2, 0.25) is 0 Å². The summed E-state index contributed by atoms with van der Waals surface area (Å²) in [4.78, 5) is 1.39. The maximum Gasteiger partial charge on any atom is 0.0730 e. The molecule has 2 nitrogen and oxygen atoms in total. The van der Waals surface area contributed by atoms with Gasteiger partial charge in [-0.15, -0.1) is 11.3 Å². The lowest BCUT2D eigenvalue weighted by Gasteiger charge is -2.03. The third-order valence-corrected chi connectivity index (χ3v) is 4.27. The van der Waals surface area contributed by atoms with Crippen LogP contribution < -0.4 is 5.32 Å². The zero-order valence-electron chi connectivity index (χ0n) is 9.31. The average molecular weight is 292 g/mol. The van der Waals surface area contributed by atoms with E-state index in [0.29, 0.717) is 0 Å². The van der Waals surface area contributed by atoms with Crippen LogP contribution in [0.15, 0.2) is 9.85 Å². The van der Waals surface area contributed by atoms with Crippen molar-refractivity contribution in [1.82, 2.24) is 5.32 Å². The predicted octanol–water partition coefficient (Wildman–Crippen LogP) is 2.99. The highest BCUT2D eigenvalue weighted by Crippen LogP contribution is 2.27. The second-order valence-corrected chi connectivity index (χ2v) is 5.84. The van der Waals surface area contributed by atoms with Gasteiger partial charge in [-0.2, -0.15) is 0 Å². The molecule has 1 heterocycles.